The van der Waals surface area contributed by atoms with Gasteiger partial charge >= 0.3 is 0 Å². The van der Waals surface area contributed by atoms with E-state index in [1.807, 2.05) is 30.0 Å². The van der Waals surface area contributed by atoms with Crippen LogP contribution in [0.4, 0.5) is 0 Å². The zero-order valence-corrected chi connectivity index (χ0v) is 18.6. The second-order valence-electron chi connectivity index (χ2n) is 8.51. The van der Waals surface area contributed by atoms with Crippen LogP contribution < -0.4 is 14.2 Å². The highest BCUT2D eigenvalue weighted by molar-refractivity contribution is 5.81. The lowest BCUT2D eigenvalue weighted by molar-refractivity contribution is -0.139. The minimum absolute atomic E-state index is 0.00511. The van der Waals surface area contributed by atoms with Crippen molar-refractivity contribution in [1.82, 2.24) is 14.5 Å². The minimum Gasteiger partial charge on any atom is -0.481 e. The number of fused-ring (bicyclic) bond motifs is 2. The summed E-state index contributed by atoms with van der Waals surface area (Å²) < 4.78 is 19.0. The zero-order valence-electron chi connectivity index (χ0n) is 18.6. The molecule has 7 heteroatoms. The third kappa shape index (κ3) is 3.87. The number of carbonyl (C=O) groups excluding carboxylic acids is 1. The highest BCUT2D eigenvalue weighted by atomic mass is 16.7. The predicted molar refractivity (Wildman–Crippen MR) is 121 cm³/mol. The number of likely N-dealkylation sites (tertiary alicyclic amines) is 1. The number of aryl methyl sites for hydroxylation is 1. The quantitative estimate of drug-likeness (QED) is 0.576. The Morgan fingerprint density at radius 1 is 1.22 bits per heavy atom. The number of nitrogens with zero attached hydrogens (tertiary/aromatic N) is 3. The Labute approximate surface area is 187 Å². The van der Waals surface area contributed by atoms with E-state index >= 15 is 0 Å². The van der Waals surface area contributed by atoms with Crippen LogP contribution >= 0.6 is 0 Å². The number of hydrogen-bond donors (Lipinski definition) is 0. The van der Waals surface area contributed by atoms with E-state index in [2.05, 4.69) is 29.7 Å². The maximum atomic E-state index is 13.2. The Balaban J connectivity index is 1.31. The fraction of sp³-hybridized carbons (Fsp3) is 0.440. The van der Waals surface area contributed by atoms with Crippen LogP contribution in [-0.4, -0.2) is 46.3 Å². The number of rotatable bonds is 6. The number of amides is 1. The van der Waals surface area contributed by atoms with Crippen LogP contribution in [0.5, 0.6) is 17.2 Å². The molecule has 2 unspecified atom stereocenters. The molecule has 0 spiro atoms. The molecule has 3 heterocycles. The summed E-state index contributed by atoms with van der Waals surface area (Å²) in [5.74, 6) is 3.28. The van der Waals surface area contributed by atoms with Crippen molar-refractivity contribution in [3.63, 3.8) is 0 Å². The van der Waals surface area contributed by atoms with Gasteiger partial charge in [-0.05, 0) is 50.5 Å². The van der Waals surface area contributed by atoms with Gasteiger partial charge in [-0.3, -0.25) is 4.79 Å². The molecular formula is C25H29N3O4. The van der Waals surface area contributed by atoms with Crippen molar-refractivity contribution >= 4 is 16.9 Å². The normalized spacial score (nSPS) is 18.7. The molecule has 1 amide bonds. The number of piperidine rings is 1. The van der Waals surface area contributed by atoms with Crippen molar-refractivity contribution in [2.45, 2.75) is 51.7 Å². The SMILES string of the molecule is CCCn1c(C2CCCN(C(=O)C(C)Oc3ccc4c(c3)OCO4)C2)nc2ccccc21. The van der Waals surface area contributed by atoms with Gasteiger partial charge in [0, 0.05) is 31.6 Å². The molecule has 7 nitrogen and oxygen atoms in total. The smallest absolute Gasteiger partial charge is 0.263 e. The molecule has 1 aromatic heterocycles. The monoisotopic (exact) mass is 435 g/mol. The molecule has 2 aliphatic heterocycles. The molecule has 0 aliphatic carbocycles. The lowest BCUT2D eigenvalue weighted by atomic mass is 9.96. The predicted octanol–water partition coefficient (Wildman–Crippen LogP) is 4.35. The first-order valence-corrected chi connectivity index (χ1v) is 11.4. The number of benzene rings is 2. The Bertz CT molecular complexity index is 1130. The van der Waals surface area contributed by atoms with Crippen LogP contribution in [0.15, 0.2) is 42.5 Å². The molecule has 1 fully saturated rings. The molecule has 168 valence electrons. The molecule has 32 heavy (non-hydrogen) atoms. The third-order valence-corrected chi connectivity index (χ3v) is 6.23. The zero-order chi connectivity index (χ0) is 22.1. The van der Waals surface area contributed by atoms with Gasteiger partial charge in [-0.15, -0.1) is 0 Å². The summed E-state index contributed by atoms with van der Waals surface area (Å²) in [5, 5.41) is 0. The fourth-order valence-electron chi connectivity index (χ4n) is 4.71. The molecule has 0 bridgehead atoms. The van der Waals surface area contributed by atoms with Crippen molar-refractivity contribution in [3.8, 4) is 17.2 Å². The number of carbonyl (C=O) groups is 1. The third-order valence-electron chi connectivity index (χ3n) is 6.23. The number of ether oxygens (including phenoxy) is 3. The molecule has 2 atom stereocenters. The van der Waals surface area contributed by atoms with Crippen LogP contribution in [0.25, 0.3) is 11.0 Å². The van der Waals surface area contributed by atoms with Gasteiger partial charge in [-0.1, -0.05) is 19.1 Å². The van der Waals surface area contributed by atoms with Crippen LogP contribution in [0.3, 0.4) is 0 Å². The number of para-hydroxylation sites is 2. The van der Waals surface area contributed by atoms with E-state index in [1.165, 1.54) is 5.52 Å². The summed E-state index contributed by atoms with van der Waals surface area (Å²) in [7, 11) is 0. The standard InChI is InChI=1S/C25H29N3O4/c1-3-12-28-21-9-5-4-8-20(21)26-24(28)18-7-6-13-27(15-18)25(29)17(2)32-19-10-11-22-23(14-19)31-16-30-22/h4-5,8-11,14,17-18H,3,6-7,12-13,15-16H2,1-2H3. The maximum Gasteiger partial charge on any atom is 0.263 e. The van der Waals surface area contributed by atoms with Crippen LogP contribution in [0, 0.1) is 0 Å². The Morgan fingerprint density at radius 2 is 2.06 bits per heavy atom. The summed E-state index contributed by atoms with van der Waals surface area (Å²) in [6.07, 6.45) is 2.46. The maximum absolute atomic E-state index is 13.2. The van der Waals surface area contributed by atoms with Crippen LogP contribution in [0.2, 0.25) is 0 Å². The van der Waals surface area contributed by atoms with Gasteiger partial charge < -0.3 is 23.7 Å². The molecular weight excluding hydrogens is 406 g/mol. The van der Waals surface area contributed by atoms with Crippen molar-refractivity contribution in [2.75, 3.05) is 19.9 Å². The summed E-state index contributed by atoms with van der Waals surface area (Å²) in [4.78, 5) is 20.1. The van der Waals surface area contributed by atoms with Crippen molar-refractivity contribution < 1.29 is 19.0 Å². The fourth-order valence-corrected chi connectivity index (χ4v) is 4.71. The van der Waals surface area contributed by atoms with E-state index in [-0.39, 0.29) is 18.6 Å². The van der Waals surface area contributed by atoms with Gasteiger partial charge in [0.05, 0.1) is 11.0 Å². The molecule has 0 saturated carbocycles. The Kier molecular flexibility index (Phi) is 5.64. The largest absolute Gasteiger partial charge is 0.481 e. The molecule has 2 aromatic carbocycles. The first-order chi connectivity index (χ1) is 15.6. The lowest BCUT2D eigenvalue weighted by Gasteiger charge is -2.34. The average Bonchev–Trinajstić information content (AvgIpc) is 3.43. The summed E-state index contributed by atoms with van der Waals surface area (Å²) in [6.45, 7) is 6.56. The second kappa shape index (κ2) is 8.73. The van der Waals surface area contributed by atoms with E-state index < -0.39 is 6.10 Å². The number of hydrogen-bond acceptors (Lipinski definition) is 5. The van der Waals surface area contributed by atoms with E-state index in [0.29, 0.717) is 23.8 Å². The highest BCUT2D eigenvalue weighted by Gasteiger charge is 2.31. The molecule has 1 saturated heterocycles. The van der Waals surface area contributed by atoms with Gasteiger partial charge in [-0.25, -0.2) is 4.98 Å². The average molecular weight is 436 g/mol. The van der Waals surface area contributed by atoms with Gasteiger partial charge in [-0.2, -0.15) is 0 Å². The van der Waals surface area contributed by atoms with Gasteiger partial charge in [0.25, 0.3) is 5.91 Å². The first-order valence-electron chi connectivity index (χ1n) is 11.4. The minimum atomic E-state index is -0.580. The van der Waals surface area contributed by atoms with Crippen molar-refractivity contribution in [3.05, 3.63) is 48.3 Å². The highest BCUT2D eigenvalue weighted by Crippen LogP contribution is 2.36. The Hall–Kier alpha value is -3.22. The first kappa shape index (κ1) is 20.7. The van der Waals surface area contributed by atoms with Crippen molar-refractivity contribution in [2.24, 2.45) is 0 Å². The molecule has 5 rings (SSSR count). The van der Waals surface area contributed by atoms with E-state index in [9.17, 15) is 4.79 Å². The molecule has 0 radical (unpaired) electrons. The van der Waals surface area contributed by atoms with E-state index in [4.69, 9.17) is 19.2 Å². The van der Waals surface area contributed by atoms with Crippen molar-refractivity contribution in [1.29, 1.82) is 0 Å². The second-order valence-corrected chi connectivity index (χ2v) is 8.51. The topological polar surface area (TPSA) is 65.8 Å². The molecule has 2 aliphatic rings. The van der Waals surface area contributed by atoms with E-state index in [0.717, 1.165) is 43.7 Å². The molecule has 3 aromatic rings. The lowest BCUT2D eigenvalue weighted by Crippen LogP contribution is -2.45. The van der Waals surface area contributed by atoms with Gasteiger partial charge in [0.2, 0.25) is 6.79 Å². The number of aromatic nitrogens is 2. The van der Waals surface area contributed by atoms with Crippen LogP contribution in [0.1, 0.15) is 44.9 Å². The molecule has 0 N–H and O–H groups in total. The van der Waals surface area contributed by atoms with Crippen LogP contribution in [-0.2, 0) is 11.3 Å². The summed E-state index contributed by atoms with van der Waals surface area (Å²) in [6, 6.07) is 13.7. The summed E-state index contributed by atoms with van der Waals surface area (Å²) >= 11 is 0. The van der Waals surface area contributed by atoms with Gasteiger partial charge in [0.1, 0.15) is 11.6 Å². The number of imidazole rings is 1. The Morgan fingerprint density at radius 3 is 2.94 bits per heavy atom. The van der Waals surface area contributed by atoms with E-state index in [1.54, 1.807) is 6.07 Å². The van der Waals surface area contributed by atoms with Gasteiger partial charge in [0.15, 0.2) is 17.6 Å². The summed E-state index contributed by atoms with van der Waals surface area (Å²) in [5.41, 5.74) is 2.20.